The van der Waals surface area contributed by atoms with Crippen molar-refractivity contribution >= 4 is 23.4 Å². The number of urea groups is 1. The van der Waals surface area contributed by atoms with Gasteiger partial charge in [0, 0.05) is 19.3 Å². The van der Waals surface area contributed by atoms with E-state index in [0.29, 0.717) is 25.2 Å². The molecule has 2 aromatic rings. The standard InChI is InChI=1S/C19H21FN4O2/c1-13-8-9-17(21-11-13)23-18(25)14-5-4-10-24(12-14)19(26)22-16-7-3-2-6-15(16)20/h2-3,6-9,11,14H,4-5,10,12H2,1H3,(H,22,26)(H,21,23,25)/t14-/m1/s1. The fraction of sp³-hybridized carbons (Fsp3) is 0.316. The van der Waals surface area contributed by atoms with Gasteiger partial charge in [-0.3, -0.25) is 4.79 Å². The number of pyridine rings is 1. The monoisotopic (exact) mass is 356 g/mol. The molecule has 0 bridgehead atoms. The summed E-state index contributed by atoms with van der Waals surface area (Å²) in [4.78, 5) is 30.6. The highest BCUT2D eigenvalue weighted by Crippen LogP contribution is 2.20. The number of nitrogens with zero attached hydrogens (tertiary/aromatic N) is 2. The van der Waals surface area contributed by atoms with Crippen LogP contribution in [0.4, 0.5) is 20.7 Å². The first-order valence-electron chi connectivity index (χ1n) is 8.57. The van der Waals surface area contributed by atoms with Gasteiger partial charge >= 0.3 is 6.03 Å². The molecule has 2 N–H and O–H groups in total. The molecule has 3 rings (SSSR count). The molecule has 1 atom stereocenters. The molecule has 0 saturated carbocycles. The van der Waals surface area contributed by atoms with Gasteiger partial charge in [-0.05, 0) is 43.5 Å². The number of rotatable bonds is 3. The SMILES string of the molecule is Cc1ccc(NC(=O)[C@@H]2CCCN(C(=O)Nc3ccccc3F)C2)nc1. The number of amides is 3. The molecule has 1 aromatic carbocycles. The third-order valence-corrected chi connectivity index (χ3v) is 4.36. The Hall–Kier alpha value is -2.96. The minimum absolute atomic E-state index is 0.132. The number of carbonyl (C=O) groups excluding carboxylic acids is 2. The number of hydrogen-bond acceptors (Lipinski definition) is 3. The number of likely N-dealkylation sites (tertiary alicyclic amines) is 1. The van der Waals surface area contributed by atoms with E-state index in [1.54, 1.807) is 29.3 Å². The molecule has 26 heavy (non-hydrogen) atoms. The molecular weight excluding hydrogens is 335 g/mol. The van der Waals surface area contributed by atoms with E-state index in [9.17, 15) is 14.0 Å². The minimum atomic E-state index is -0.488. The molecule has 2 heterocycles. The second-order valence-corrected chi connectivity index (χ2v) is 6.41. The lowest BCUT2D eigenvalue weighted by atomic mass is 9.97. The summed E-state index contributed by atoms with van der Waals surface area (Å²) in [7, 11) is 0. The summed E-state index contributed by atoms with van der Waals surface area (Å²) in [6, 6.07) is 9.23. The Balaban J connectivity index is 1.59. The minimum Gasteiger partial charge on any atom is -0.324 e. The Morgan fingerprint density at radius 3 is 2.73 bits per heavy atom. The smallest absolute Gasteiger partial charge is 0.321 e. The predicted octanol–water partition coefficient (Wildman–Crippen LogP) is 3.41. The topological polar surface area (TPSA) is 74.3 Å². The zero-order valence-corrected chi connectivity index (χ0v) is 14.5. The molecule has 0 unspecified atom stereocenters. The van der Waals surface area contributed by atoms with Crippen LogP contribution in [0.15, 0.2) is 42.6 Å². The first kappa shape index (κ1) is 17.8. The molecule has 0 radical (unpaired) electrons. The van der Waals surface area contributed by atoms with Gasteiger partial charge in [0.1, 0.15) is 11.6 Å². The highest BCUT2D eigenvalue weighted by Gasteiger charge is 2.29. The van der Waals surface area contributed by atoms with Crippen molar-refractivity contribution in [3.63, 3.8) is 0 Å². The van der Waals surface area contributed by atoms with Crippen LogP contribution in [0.2, 0.25) is 0 Å². The van der Waals surface area contributed by atoms with E-state index >= 15 is 0 Å². The zero-order valence-electron chi connectivity index (χ0n) is 14.5. The third-order valence-electron chi connectivity index (χ3n) is 4.36. The lowest BCUT2D eigenvalue weighted by molar-refractivity contribution is -0.121. The van der Waals surface area contributed by atoms with Crippen LogP contribution in [0, 0.1) is 18.7 Å². The van der Waals surface area contributed by atoms with Crippen LogP contribution in [0.25, 0.3) is 0 Å². The van der Waals surface area contributed by atoms with Crippen molar-refractivity contribution in [1.29, 1.82) is 0 Å². The number of piperidine rings is 1. The van der Waals surface area contributed by atoms with Crippen molar-refractivity contribution in [2.45, 2.75) is 19.8 Å². The van der Waals surface area contributed by atoms with Gasteiger partial charge in [-0.15, -0.1) is 0 Å². The van der Waals surface area contributed by atoms with Crippen LogP contribution in [0.1, 0.15) is 18.4 Å². The Labute approximate surface area is 151 Å². The van der Waals surface area contributed by atoms with Crippen molar-refractivity contribution in [2.24, 2.45) is 5.92 Å². The number of aryl methyl sites for hydroxylation is 1. The summed E-state index contributed by atoms with van der Waals surface area (Å²) in [5.41, 5.74) is 1.14. The Morgan fingerprint density at radius 2 is 2.00 bits per heavy atom. The van der Waals surface area contributed by atoms with E-state index in [1.165, 1.54) is 12.1 Å². The van der Waals surface area contributed by atoms with Crippen LogP contribution >= 0.6 is 0 Å². The van der Waals surface area contributed by atoms with Crippen LogP contribution < -0.4 is 10.6 Å². The molecular formula is C19H21FN4O2. The first-order chi connectivity index (χ1) is 12.5. The Kier molecular flexibility index (Phi) is 5.46. The van der Waals surface area contributed by atoms with Gasteiger partial charge in [-0.2, -0.15) is 0 Å². The summed E-state index contributed by atoms with van der Waals surface area (Å²) in [6.45, 7) is 2.75. The zero-order chi connectivity index (χ0) is 18.5. The number of aromatic nitrogens is 1. The summed E-state index contributed by atoms with van der Waals surface area (Å²) in [6.07, 6.45) is 3.09. The molecule has 6 nitrogen and oxygen atoms in total. The number of halogens is 1. The maximum atomic E-state index is 13.7. The van der Waals surface area contributed by atoms with E-state index in [0.717, 1.165) is 5.56 Å². The van der Waals surface area contributed by atoms with E-state index in [2.05, 4.69) is 15.6 Å². The first-order valence-corrected chi connectivity index (χ1v) is 8.57. The number of carbonyl (C=O) groups is 2. The van der Waals surface area contributed by atoms with Crippen LogP contribution in [-0.4, -0.2) is 34.9 Å². The molecule has 0 aliphatic carbocycles. The van der Waals surface area contributed by atoms with Crippen molar-refractivity contribution in [1.82, 2.24) is 9.88 Å². The van der Waals surface area contributed by atoms with Gasteiger partial charge in [-0.25, -0.2) is 14.2 Å². The molecule has 1 aliphatic heterocycles. The van der Waals surface area contributed by atoms with Crippen LogP contribution in [0.3, 0.4) is 0 Å². The molecule has 1 aromatic heterocycles. The van der Waals surface area contributed by atoms with Crippen molar-refractivity contribution in [3.05, 3.63) is 54.0 Å². The molecule has 1 aliphatic rings. The summed E-state index contributed by atoms with van der Waals surface area (Å²) in [5, 5.41) is 5.35. The van der Waals surface area contributed by atoms with Gasteiger partial charge < -0.3 is 15.5 Å². The van der Waals surface area contributed by atoms with Crippen molar-refractivity contribution in [2.75, 3.05) is 23.7 Å². The number of nitrogens with one attached hydrogen (secondary N) is 2. The predicted molar refractivity (Wildman–Crippen MR) is 97.3 cm³/mol. The van der Waals surface area contributed by atoms with Gasteiger partial charge in [0.2, 0.25) is 5.91 Å². The lowest BCUT2D eigenvalue weighted by Crippen LogP contribution is -2.45. The largest absolute Gasteiger partial charge is 0.324 e. The van der Waals surface area contributed by atoms with Gasteiger partial charge in [0.15, 0.2) is 0 Å². The van der Waals surface area contributed by atoms with Crippen LogP contribution in [0.5, 0.6) is 0 Å². The molecule has 1 saturated heterocycles. The molecule has 1 fully saturated rings. The maximum Gasteiger partial charge on any atom is 0.321 e. The maximum absolute atomic E-state index is 13.7. The molecule has 136 valence electrons. The fourth-order valence-electron chi connectivity index (χ4n) is 2.90. The van der Waals surface area contributed by atoms with E-state index in [-0.39, 0.29) is 24.1 Å². The summed E-state index contributed by atoms with van der Waals surface area (Å²) in [5.74, 6) is -0.478. The van der Waals surface area contributed by atoms with Crippen molar-refractivity contribution in [3.8, 4) is 0 Å². The van der Waals surface area contributed by atoms with Gasteiger partial charge in [-0.1, -0.05) is 18.2 Å². The Morgan fingerprint density at radius 1 is 1.19 bits per heavy atom. The second kappa shape index (κ2) is 7.95. The summed E-state index contributed by atoms with van der Waals surface area (Å²) < 4.78 is 13.7. The Bertz CT molecular complexity index is 794. The lowest BCUT2D eigenvalue weighted by Gasteiger charge is -2.32. The quantitative estimate of drug-likeness (QED) is 0.885. The van der Waals surface area contributed by atoms with Crippen LogP contribution in [-0.2, 0) is 4.79 Å². The molecule has 0 spiro atoms. The second-order valence-electron chi connectivity index (χ2n) is 6.41. The number of anilines is 2. The van der Waals surface area contributed by atoms with Gasteiger partial charge in [0.25, 0.3) is 0 Å². The van der Waals surface area contributed by atoms with E-state index in [1.807, 2.05) is 13.0 Å². The average Bonchev–Trinajstić information content (AvgIpc) is 2.65. The summed E-state index contributed by atoms with van der Waals surface area (Å²) >= 11 is 0. The number of benzene rings is 1. The molecule has 7 heteroatoms. The average molecular weight is 356 g/mol. The number of para-hydroxylation sites is 1. The highest BCUT2D eigenvalue weighted by atomic mass is 19.1. The van der Waals surface area contributed by atoms with Gasteiger partial charge in [0.05, 0.1) is 11.6 Å². The van der Waals surface area contributed by atoms with E-state index in [4.69, 9.17) is 0 Å². The number of hydrogen-bond donors (Lipinski definition) is 2. The molecule has 3 amide bonds. The van der Waals surface area contributed by atoms with E-state index < -0.39 is 11.8 Å². The third kappa shape index (κ3) is 4.36. The van der Waals surface area contributed by atoms with Crippen molar-refractivity contribution < 1.29 is 14.0 Å². The normalized spacial score (nSPS) is 16.8. The highest BCUT2D eigenvalue weighted by molar-refractivity contribution is 5.93. The fourth-order valence-corrected chi connectivity index (χ4v) is 2.90.